The van der Waals surface area contributed by atoms with Gasteiger partial charge in [0.2, 0.25) is 5.13 Å². The molecule has 2 aromatic rings. The average Bonchev–Trinajstić information content (AvgIpc) is 2.78. The molecule has 1 aromatic carbocycles. The lowest BCUT2D eigenvalue weighted by Gasteiger charge is -2.16. The monoisotopic (exact) mass is 308 g/mol. The standard InChI is InChI=1S/C14H20N4S2/c1-3-9-15-13-16-18(14(19)20-13)11-17(2)10-12-7-5-4-6-8-12/h4-8H,3,9-11H2,1-2H3,(H,15,16). The van der Waals surface area contributed by atoms with Gasteiger partial charge in [0.1, 0.15) is 0 Å². The Morgan fingerprint density at radius 3 is 2.80 bits per heavy atom. The van der Waals surface area contributed by atoms with Crippen molar-refractivity contribution in [1.29, 1.82) is 0 Å². The maximum Gasteiger partial charge on any atom is 0.204 e. The molecular weight excluding hydrogens is 288 g/mol. The van der Waals surface area contributed by atoms with E-state index in [1.807, 2.05) is 10.7 Å². The SMILES string of the molecule is CCCNc1nn(CN(C)Cc2ccccc2)c(=S)s1. The molecule has 4 nitrogen and oxygen atoms in total. The molecule has 0 spiro atoms. The van der Waals surface area contributed by atoms with E-state index < -0.39 is 0 Å². The fraction of sp³-hybridized carbons (Fsp3) is 0.429. The molecule has 0 aliphatic carbocycles. The third kappa shape index (κ3) is 4.40. The highest BCUT2D eigenvalue weighted by Crippen LogP contribution is 2.15. The minimum atomic E-state index is 0.706. The van der Waals surface area contributed by atoms with Crippen LogP contribution in [-0.2, 0) is 13.2 Å². The van der Waals surface area contributed by atoms with E-state index in [4.69, 9.17) is 12.2 Å². The van der Waals surface area contributed by atoms with Crippen LogP contribution in [0.3, 0.4) is 0 Å². The quantitative estimate of drug-likeness (QED) is 0.793. The van der Waals surface area contributed by atoms with Gasteiger partial charge >= 0.3 is 0 Å². The summed E-state index contributed by atoms with van der Waals surface area (Å²) in [6.07, 6.45) is 1.08. The van der Waals surface area contributed by atoms with Crippen molar-refractivity contribution < 1.29 is 0 Å². The number of nitrogens with one attached hydrogen (secondary N) is 1. The topological polar surface area (TPSA) is 33.1 Å². The summed E-state index contributed by atoms with van der Waals surface area (Å²) in [5, 5.41) is 8.69. The molecule has 1 aromatic heterocycles. The van der Waals surface area contributed by atoms with Crippen LogP contribution in [0.1, 0.15) is 18.9 Å². The van der Waals surface area contributed by atoms with Crippen LogP contribution in [0.2, 0.25) is 0 Å². The second kappa shape index (κ2) is 7.52. The summed E-state index contributed by atoms with van der Waals surface area (Å²) in [4.78, 5) is 2.20. The molecule has 1 heterocycles. The number of benzene rings is 1. The van der Waals surface area contributed by atoms with Crippen LogP contribution < -0.4 is 5.32 Å². The average molecular weight is 308 g/mol. The van der Waals surface area contributed by atoms with Gasteiger partial charge in [-0.1, -0.05) is 48.6 Å². The summed E-state index contributed by atoms with van der Waals surface area (Å²) in [6, 6.07) is 10.4. The molecule has 0 bridgehead atoms. The van der Waals surface area contributed by atoms with E-state index in [-0.39, 0.29) is 0 Å². The second-order valence-corrected chi connectivity index (χ2v) is 6.36. The first-order chi connectivity index (χ1) is 9.69. The Morgan fingerprint density at radius 1 is 1.35 bits per heavy atom. The Hall–Kier alpha value is -1.24. The maximum atomic E-state index is 5.36. The third-order valence-electron chi connectivity index (χ3n) is 2.80. The van der Waals surface area contributed by atoms with E-state index in [1.54, 1.807) is 0 Å². The Kier molecular flexibility index (Phi) is 5.70. The second-order valence-electron chi connectivity index (χ2n) is 4.74. The van der Waals surface area contributed by atoms with Crippen LogP contribution in [-0.4, -0.2) is 28.3 Å². The molecule has 0 amide bonds. The molecule has 0 saturated carbocycles. The Balaban J connectivity index is 1.95. The highest BCUT2D eigenvalue weighted by Gasteiger charge is 2.06. The smallest absolute Gasteiger partial charge is 0.204 e. The summed E-state index contributed by atoms with van der Waals surface area (Å²) in [6.45, 7) is 4.66. The van der Waals surface area contributed by atoms with Gasteiger partial charge < -0.3 is 5.32 Å². The summed E-state index contributed by atoms with van der Waals surface area (Å²) in [5.74, 6) is 0. The van der Waals surface area contributed by atoms with E-state index in [9.17, 15) is 0 Å². The van der Waals surface area contributed by atoms with E-state index in [1.165, 1.54) is 16.9 Å². The normalized spacial score (nSPS) is 10.9. The predicted octanol–water partition coefficient (Wildman–Crippen LogP) is 3.59. The van der Waals surface area contributed by atoms with Crippen molar-refractivity contribution in [3.63, 3.8) is 0 Å². The Labute approximate surface area is 129 Å². The van der Waals surface area contributed by atoms with Crippen molar-refractivity contribution >= 4 is 28.7 Å². The summed E-state index contributed by atoms with van der Waals surface area (Å²) >= 11 is 6.89. The fourth-order valence-electron chi connectivity index (χ4n) is 1.87. The number of anilines is 1. The first-order valence-corrected chi connectivity index (χ1v) is 7.96. The van der Waals surface area contributed by atoms with Gasteiger partial charge in [0.25, 0.3) is 0 Å². The summed E-state index contributed by atoms with van der Waals surface area (Å²) < 4.78 is 2.68. The van der Waals surface area contributed by atoms with E-state index in [2.05, 4.69) is 53.6 Å². The molecule has 0 saturated heterocycles. The van der Waals surface area contributed by atoms with Gasteiger partial charge in [0.05, 0.1) is 6.67 Å². The van der Waals surface area contributed by atoms with Crippen molar-refractivity contribution in [3.8, 4) is 0 Å². The van der Waals surface area contributed by atoms with Crippen LogP contribution in [0.25, 0.3) is 0 Å². The number of nitrogens with zero attached hydrogens (tertiary/aromatic N) is 3. The zero-order chi connectivity index (χ0) is 14.4. The first-order valence-electron chi connectivity index (χ1n) is 6.73. The van der Waals surface area contributed by atoms with Crippen LogP contribution >= 0.6 is 23.6 Å². The molecular formula is C14H20N4S2. The van der Waals surface area contributed by atoms with Crippen LogP contribution in [0.15, 0.2) is 30.3 Å². The molecule has 1 N–H and O–H groups in total. The van der Waals surface area contributed by atoms with Crippen LogP contribution in [0.5, 0.6) is 0 Å². The first kappa shape index (κ1) is 15.2. The molecule has 20 heavy (non-hydrogen) atoms. The van der Waals surface area contributed by atoms with Gasteiger partial charge in [-0.25, -0.2) is 4.68 Å². The van der Waals surface area contributed by atoms with E-state index in [0.29, 0.717) is 6.67 Å². The lowest BCUT2D eigenvalue weighted by Crippen LogP contribution is -2.22. The highest BCUT2D eigenvalue weighted by atomic mass is 32.1. The highest BCUT2D eigenvalue weighted by molar-refractivity contribution is 7.73. The largest absolute Gasteiger partial charge is 0.360 e. The zero-order valence-electron chi connectivity index (χ0n) is 11.9. The van der Waals surface area contributed by atoms with Crippen molar-refractivity contribution in [2.75, 3.05) is 18.9 Å². The van der Waals surface area contributed by atoms with Crippen molar-refractivity contribution in [1.82, 2.24) is 14.7 Å². The molecule has 0 aliphatic heterocycles. The molecule has 0 unspecified atom stereocenters. The van der Waals surface area contributed by atoms with Gasteiger partial charge in [0.15, 0.2) is 3.95 Å². The molecule has 0 aliphatic rings. The van der Waals surface area contributed by atoms with Gasteiger partial charge in [-0.3, -0.25) is 4.90 Å². The number of hydrogen-bond acceptors (Lipinski definition) is 5. The number of hydrogen-bond donors (Lipinski definition) is 1. The predicted molar refractivity (Wildman–Crippen MR) is 87.6 cm³/mol. The molecule has 6 heteroatoms. The van der Waals surface area contributed by atoms with Crippen molar-refractivity contribution in [2.45, 2.75) is 26.6 Å². The molecule has 2 rings (SSSR count). The minimum absolute atomic E-state index is 0.706. The molecule has 0 radical (unpaired) electrons. The van der Waals surface area contributed by atoms with Gasteiger partial charge in [-0.05, 0) is 31.2 Å². The summed E-state index contributed by atoms with van der Waals surface area (Å²) in [7, 11) is 2.08. The van der Waals surface area contributed by atoms with Gasteiger partial charge in [-0.2, -0.15) is 0 Å². The Bertz CT molecular complexity index is 576. The lowest BCUT2D eigenvalue weighted by molar-refractivity contribution is 0.245. The number of aromatic nitrogens is 2. The molecule has 0 atom stereocenters. The van der Waals surface area contributed by atoms with Gasteiger partial charge in [0, 0.05) is 13.1 Å². The van der Waals surface area contributed by atoms with E-state index >= 15 is 0 Å². The van der Waals surface area contributed by atoms with Crippen LogP contribution in [0.4, 0.5) is 5.13 Å². The maximum absolute atomic E-state index is 5.36. The van der Waals surface area contributed by atoms with Crippen molar-refractivity contribution in [2.24, 2.45) is 0 Å². The van der Waals surface area contributed by atoms with Crippen LogP contribution in [0, 0.1) is 3.95 Å². The van der Waals surface area contributed by atoms with E-state index in [0.717, 1.165) is 28.6 Å². The molecule has 0 fully saturated rings. The van der Waals surface area contributed by atoms with Gasteiger partial charge in [-0.15, -0.1) is 5.10 Å². The Morgan fingerprint density at radius 2 is 2.10 bits per heavy atom. The number of rotatable bonds is 7. The third-order valence-corrected chi connectivity index (χ3v) is 4.07. The lowest BCUT2D eigenvalue weighted by atomic mass is 10.2. The van der Waals surface area contributed by atoms with Crippen molar-refractivity contribution in [3.05, 3.63) is 39.8 Å². The fourth-order valence-corrected chi connectivity index (χ4v) is 2.89. The zero-order valence-corrected chi connectivity index (χ0v) is 13.5. The minimum Gasteiger partial charge on any atom is -0.360 e. The molecule has 108 valence electrons. The summed E-state index contributed by atoms with van der Waals surface area (Å²) in [5.41, 5.74) is 1.29.